The minimum Gasteiger partial charge on any atom is -0.289 e. The molecule has 0 unspecified atom stereocenters. The maximum atomic E-state index is 12.4. The van der Waals surface area contributed by atoms with Crippen LogP contribution >= 0.6 is 0 Å². The van der Waals surface area contributed by atoms with Crippen molar-refractivity contribution in [3.63, 3.8) is 0 Å². The molecule has 0 spiro atoms. The third-order valence-electron chi connectivity index (χ3n) is 18.5. The summed E-state index contributed by atoms with van der Waals surface area (Å²) in [5, 5.41) is 21.9. The number of aliphatic imine (C=N–C) groups is 1. The Morgan fingerprint density at radius 1 is 0.312 bits per heavy atom. The lowest BCUT2D eigenvalue weighted by molar-refractivity contribution is 0.104. The van der Waals surface area contributed by atoms with Gasteiger partial charge < -0.3 is 0 Å². The van der Waals surface area contributed by atoms with Crippen molar-refractivity contribution in [2.24, 2.45) is 4.99 Å². The van der Waals surface area contributed by atoms with Crippen molar-refractivity contribution >= 4 is 131 Å². The number of ketones is 1. The second kappa shape index (κ2) is 23.3. The van der Waals surface area contributed by atoms with Gasteiger partial charge in [-0.2, -0.15) is 0 Å². The summed E-state index contributed by atoms with van der Waals surface area (Å²) in [6, 6.07) is 113. The molecule has 0 fully saturated rings. The Kier molecular flexibility index (Phi) is 13.7. The Morgan fingerprint density at radius 3 is 1.27 bits per heavy atom. The molecule has 0 N–H and O–H groups in total. The molecule has 93 heavy (non-hydrogen) atoms. The number of nitrogens with zero attached hydrogens (tertiary/aromatic N) is 3. The van der Waals surface area contributed by atoms with Crippen LogP contribution < -0.4 is 0 Å². The van der Waals surface area contributed by atoms with Crippen molar-refractivity contribution < 1.29 is 4.79 Å². The fraction of sp³-hybridized carbons (Fsp3) is 0.0112. The highest BCUT2D eigenvalue weighted by atomic mass is 16.1. The Bertz CT molecular complexity index is 5920. The molecule has 0 aliphatic carbocycles. The van der Waals surface area contributed by atoms with Gasteiger partial charge in [0.25, 0.3) is 0 Å². The number of rotatable bonds is 7. The topological polar surface area (TPSA) is 55.2 Å². The molecular formula is C89H57N3O. The van der Waals surface area contributed by atoms with Gasteiger partial charge in [-0.3, -0.25) is 9.79 Å². The third-order valence-corrected chi connectivity index (χ3v) is 18.5. The summed E-state index contributed by atoms with van der Waals surface area (Å²) < 4.78 is 0. The largest absolute Gasteiger partial charge is 0.289 e. The Hall–Kier alpha value is -12.2. The SMILES string of the molecule is O=C(/C=C/c1ccc2ccccc2c1)c1ccc2ccccc2c1.c1ccc2cc(-c3nc4ccc5c(-c6ccc7ccccc7c6)cc(-c6ccc7ccccc7c6)c6ccc(n3)c4c56)ccc2c1.c1ccc2cc(C3=Nc4cccc5cccc(c45)C3)ccc2c1. The van der Waals surface area contributed by atoms with Gasteiger partial charge in [0.05, 0.1) is 22.4 Å². The number of carbonyl (C=O) groups excluding carboxylic acids is 1. The van der Waals surface area contributed by atoms with Crippen LogP contribution in [0.4, 0.5) is 5.69 Å². The van der Waals surface area contributed by atoms with Crippen LogP contribution in [-0.4, -0.2) is 21.5 Å². The van der Waals surface area contributed by atoms with Gasteiger partial charge in [-0.15, -0.1) is 0 Å². The Labute approximate surface area is 537 Å². The number of hydrogen-bond acceptors (Lipinski definition) is 4. The van der Waals surface area contributed by atoms with E-state index in [1.165, 1.54) is 114 Å². The molecule has 2 heterocycles. The highest BCUT2D eigenvalue weighted by Gasteiger charge is 2.21. The Morgan fingerprint density at radius 2 is 0.731 bits per heavy atom. The van der Waals surface area contributed by atoms with Crippen molar-refractivity contribution in [1.29, 1.82) is 0 Å². The van der Waals surface area contributed by atoms with Crippen LogP contribution in [0.25, 0.3) is 148 Å². The van der Waals surface area contributed by atoms with Crippen molar-refractivity contribution in [3.8, 4) is 33.6 Å². The van der Waals surface area contributed by atoms with Gasteiger partial charge in [0, 0.05) is 33.7 Å². The molecule has 0 atom stereocenters. The van der Waals surface area contributed by atoms with E-state index >= 15 is 0 Å². The summed E-state index contributed by atoms with van der Waals surface area (Å²) in [5.74, 6) is 0.773. The van der Waals surface area contributed by atoms with Crippen molar-refractivity contribution in [2.45, 2.75) is 6.42 Å². The third kappa shape index (κ3) is 10.5. The van der Waals surface area contributed by atoms with E-state index in [0.717, 1.165) is 62.0 Å². The molecule has 18 aromatic rings. The van der Waals surface area contributed by atoms with E-state index in [1.807, 2.05) is 60.7 Å². The van der Waals surface area contributed by atoms with Crippen LogP contribution in [0.2, 0.25) is 0 Å². The standard InChI is InChI=1S/C44H26N2.C23H16O.C22H15N/c1-4-10-30-23-33(16-13-27(30)7-1)38-26-39(34-17-14-28-8-2-5-11-31(28)24-34)37-20-22-41-43-40(21-19-36(38)42(37)43)45-44(46-41)35-18-15-29-9-3-6-12-32(29)25-35;24-23(22-13-12-19-6-2-4-8-21(19)16-22)14-10-17-9-11-18-5-1-3-7-20(18)15-17;1-2-6-17-13-18(12-11-15(17)5-1)21-14-19-9-3-7-16-8-4-10-20(23-21)22(16)19/h1-26H;1-16H;1-13H,14H2/b;14-10+;. The lowest BCUT2D eigenvalue weighted by atomic mass is 9.86. The summed E-state index contributed by atoms with van der Waals surface area (Å²) in [6.07, 6.45) is 4.42. The summed E-state index contributed by atoms with van der Waals surface area (Å²) in [7, 11) is 0. The zero-order valence-corrected chi connectivity index (χ0v) is 50.7. The first-order valence-electron chi connectivity index (χ1n) is 31.7. The van der Waals surface area contributed by atoms with Gasteiger partial charge in [0.2, 0.25) is 0 Å². The van der Waals surface area contributed by atoms with Crippen molar-refractivity contribution in [3.05, 3.63) is 350 Å². The summed E-state index contributed by atoms with van der Waals surface area (Å²) >= 11 is 0. The molecule has 19 rings (SSSR count). The highest BCUT2D eigenvalue weighted by molar-refractivity contribution is 6.27. The van der Waals surface area contributed by atoms with Crippen LogP contribution in [0.3, 0.4) is 0 Å². The fourth-order valence-corrected chi connectivity index (χ4v) is 13.8. The van der Waals surface area contributed by atoms with Gasteiger partial charge in [0.1, 0.15) is 0 Å². The number of hydrogen-bond donors (Lipinski definition) is 0. The molecule has 1 aromatic heterocycles. The molecule has 17 aromatic carbocycles. The highest BCUT2D eigenvalue weighted by Crippen LogP contribution is 2.45. The summed E-state index contributed by atoms with van der Waals surface area (Å²) in [5.41, 5.74) is 14.4. The first-order valence-corrected chi connectivity index (χ1v) is 31.7. The van der Waals surface area contributed by atoms with Crippen LogP contribution in [0.1, 0.15) is 27.0 Å². The predicted molar refractivity (Wildman–Crippen MR) is 394 cm³/mol. The van der Waals surface area contributed by atoms with E-state index < -0.39 is 0 Å². The number of allylic oxidation sites excluding steroid dienone is 1. The van der Waals surface area contributed by atoms with Gasteiger partial charge >= 0.3 is 0 Å². The van der Waals surface area contributed by atoms with Gasteiger partial charge in [-0.1, -0.05) is 267 Å². The molecule has 1 aliphatic heterocycles. The first-order chi connectivity index (χ1) is 45.9. The van der Waals surface area contributed by atoms with E-state index in [4.69, 9.17) is 15.0 Å². The minimum atomic E-state index is 0.0221. The zero-order chi connectivity index (χ0) is 61.8. The van der Waals surface area contributed by atoms with E-state index in [-0.39, 0.29) is 5.78 Å². The second-order valence-electron chi connectivity index (χ2n) is 24.2. The maximum Gasteiger partial charge on any atom is 0.185 e. The fourth-order valence-electron chi connectivity index (χ4n) is 13.8. The second-order valence-corrected chi connectivity index (χ2v) is 24.2. The number of carbonyl (C=O) groups is 1. The average Bonchev–Trinajstić information content (AvgIpc) is 0.724. The van der Waals surface area contributed by atoms with Crippen LogP contribution in [0, 0.1) is 0 Å². The van der Waals surface area contributed by atoms with Crippen LogP contribution in [0.15, 0.2) is 333 Å². The average molecular weight is 1180 g/mol. The molecule has 0 amide bonds. The quantitative estimate of drug-likeness (QED) is 0.0908. The number of benzene rings is 17. The number of aromatic nitrogens is 2. The van der Waals surface area contributed by atoms with Gasteiger partial charge in [0.15, 0.2) is 11.6 Å². The molecule has 0 saturated heterocycles. The van der Waals surface area contributed by atoms with E-state index in [0.29, 0.717) is 5.56 Å². The lowest BCUT2D eigenvalue weighted by Crippen LogP contribution is -2.09. The molecular weight excluding hydrogens is 1130 g/mol. The van der Waals surface area contributed by atoms with Gasteiger partial charge in [-0.05, 0) is 186 Å². The summed E-state index contributed by atoms with van der Waals surface area (Å²) in [4.78, 5) is 27.8. The molecule has 434 valence electrons. The van der Waals surface area contributed by atoms with Crippen molar-refractivity contribution in [1.82, 2.24) is 9.97 Å². The molecule has 4 nitrogen and oxygen atoms in total. The zero-order valence-electron chi connectivity index (χ0n) is 50.7. The van der Waals surface area contributed by atoms with Crippen LogP contribution in [-0.2, 0) is 6.42 Å². The first kappa shape index (κ1) is 54.9. The Balaban J connectivity index is 0.000000118. The monoisotopic (exact) mass is 1180 g/mol. The van der Waals surface area contributed by atoms with Gasteiger partial charge in [-0.25, -0.2) is 9.97 Å². The lowest BCUT2D eigenvalue weighted by Gasteiger charge is -2.18. The minimum absolute atomic E-state index is 0.0221. The molecule has 1 aliphatic rings. The summed E-state index contributed by atoms with van der Waals surface area (Å²) in [6.45, 7) is 0. The molecule has 4 heteroatoms. The predicted octanol–water partition coefficient (Wildman–Crippen LogP) is 23.4. The smallest absolute Gasteiger partial charge is 0.185 e. The van der Waals surface area contributed by atoms with Crippen LogP contribution in [0.5, 0.6) is 0 Å². The molecule has 0 bridgehead atoms. The maximum absolute atomic E-state index is 12.4. The van der Waals surface area contributed by atoms with E-state index in [2.05, 4.69) is 267 Å². The number of fused-ring (bicyclic) bond motifs is 6. The van der Waals surface area contributed by atoms with Crippen molar-refractivity contribution in [2.75, 3.05) is 0 Å². The van der Waals surface area contributed by atoms with E-state index in [9.17, 15) is 4.79 Å². The molecule has 0 radical (unpaired) electrons. The normalized spacial score (nSPS) is 12.1. The molecule has 0 saturated carbocycles. The van der Waals surface area contributed by atoms with E-state index in [1.54, 1.807) is 6.08 Å².